The van der Waals surface area contributed by atoms with Crippen LogP contribution in [0.1, 0.15) is 23.7 Å². The van der Waals surface area contributed by atoms with Crippen LogP contribution in [0.2, 0.25) is 19.6 Å². The average Bonchev–Trinajstić information content (AvgIpc) is 2.99. The quantitative estimate of drug-likeness (QED) is 0.531. The van der Waals surface area contributed by atoms with Gasteiger partial charge in [0.15, 0.2) is 17.3 Å². The van der Waals surface area contributed by atoms with Crippen molar-refractivity contribution in [2.75, 3.05) is 14.2 Å². The van der Waals surface area contributed by atoms with E-state index in [9.17, 15) is 4.79 Å². The summed E-state index contributed by atoms with van der Waals surface area (Å²) < 4.78 is 13.0. The molecule has 25 heavy (non-hydrogen) atoms. The highest BCUT2D eigenvalue weighted by molar-refractivity contribution is 9.10. The second kappa shape index (κ2) is 7.33. The first-order chi connectivity index (χ1) is 11.7. The summed E-state index contributed by atoms with van der Waals surface area (Å²) in [6, 6.07) is 3.92. The molecule has 2 aliphatic rings. The first kappa shape index (κ1) is 19.4. The fourth-order valence-corrected chi connectivity index (χ4v) is 9.59. The molecule has 3 rings (SSSR count). The van der Waals surface area contributed by atoms with E-state index in [1.807, 2.05) is 35.7 Å². The monoisotopic (exact) mass is 458 g/mol. The summed E-state index contributed by atoms with van der Waals surface area (Å²) in [6.07, 6.45) is 1.51. The van der Waals surface area contributed by atoms with Crippen LogP contribution in [0, 0.1) is 0 Å². The van der Waals surface area contributed by atoms with Crippen LogP contribution in [-0.2, 0) is 4.79 Å². The molecule has 0 radical (unpaired) electrons. The molecule has 2 heterocycles. The van der Waals surface area contributed by atoms with Crippen LogP contribution in [0.25, 0.3) is 0 Å². The van der Waals surface area contributed by atoms with E-state index in [-0.39, 0.29) is 5.25 Å². The Labute approximate surface area is 167 Å². The van der Waals surface area contributed by atoms with Crippen molar-refractivity contribution in [2.24, 2.45) is 0 Å². The van der Waals surface area contributed by atoms with Crippen molar-refractivity contribution in [2.45, 2.75) is 42.6 Å². The first-order valence-corrected chi connectivity index (χ1v) is 14.4. The molecule has 2 atom stereocenters. The molecule has 2 unspecified atom stereocenters. The molecule has 7 heteroatoms. The largest absolute Gasteiger partial charge is 0.493 e. The van der Waals surface area contributed by atoms with Gasteiger partial charge in [-0.2, -0.15) is 0 Å². The van der Waals surface area contributed by atoms with Crippen LogP contribution in [0.4, 0.5) is 0 Å². The molecule has 1 aromatic carbocycles. The Morgan fingerprint density at radius 2 is 1.72 bits per heavy atom. The molecule has 0 fully saturated rings. The Bertz CT molecular complexity index is 743. The summed E-state index contributed by atoms with van der Waals surface area (Å²) in [5.41, 5.74) is 2.18. The molecule has 0 aliphatic carbocycles. The number of rotatable bonds is 4. The van der Waals surface area contributed by atoms with E-state index in [0.29, 0.717) is 28.6 Å². The van der Waals surface area contributed by atoms with E-state index in [2.05, 4.69) is 35.6 Å². The van der Waals surface area contributed by atoms with Crippen LogP contribution >= 0.6 is 39.5 Å². The van der Waals surface area contributed by atoms with Crippen molar-refractivity contribution in [3.05, 3.63) is 32.0 Å². The lowest BCUT2D eigenvalue weighted by molar-refractivity contribution is -0.115. The van der Waals surface area contributed by atoms with Crippen LogP contribution in [-0.4, -0.2) is 32.9 Å². The predicted molar refractivity (Wildman–Crippen MR) is 114 cm³/mol. The van der Waals surface area contributed by atoms with Gasteiger partial charge in [-0.1, -0.05) is 35.6 Å². The highest BCUT2D eigenvalue weighted by Gasteiger charge is 2.41. The van der Waals surface area contributed by atoms with Crippen molar-refractivity contribution >= 4 is 53.3 Å². The van der Waals surface area contributed by atoms with Crippen LogP contribution in [0.5, 0.6) is 11.5 Å². The number of hydrogen-bond acceptors (Lipinski definition) is 5. The van der Waals surface area contributed by atoms with E-state index in [1.165, 1.54) is 4.24 Å². The van der Waals surface area contributed by atoms with Crippen LogP contribution in [0.3, 0.4) is 0 Å². The molecule has 136 valence electrons. The number of hydrogen-bond donors (Lipinski definition) is 0. The third kappa shape index (κ3) is 3.84. The van der Waals surface area contributed by atoms with Crippen molar-refractivity contribution in [1.82, 2.24) is 0 Å². The molecule has 0 amide bonds. The zero-order valence-electron chi connectivity index (χ0n) is 15.1. The molecule has 0 aromatic heterocycles. The van der Waals surface area contributed by atoms with Gasteiger partial charge in [0.2, 0.25) is 0 Å². The summed E-state index contributed by atoms with van der Waals surface area (Å²) in [5.74, 6) is 1.71. The molecular weight excluding hydrogens is 436 g/mol. The minimum Gasteiger partial charge on any atom is -0.493 e. The Morgan fingerprint density at radius 3 is 2.32 bits per heavy atom. The summed E-state index contributed by atoms with van der Waals surface area (Å²) in [6.45, 7) is 7.17. The Kier molecular flexibility index (Phi) is 5.68. The zero-order chi connectivity index (χ0) is 18.4. The number of Topliss-reactive ketones (excluding diaryl/α,β-unsaturated/α-hetero) is 1. The lowest BCUT2D eigenvalue weighted by Crippen LogP contribution is -2.34. The first-order valence-electron chi connectivity index (χ1n) is 8.25. The van der Waals surface area contributed by atoms with Gasteiger partial charge in [0, 0.05) is 30.8 Å². The molecule has 0 bridgehead atoms. The van der Waals surface area contributed by atoms with Gasteiger partial charge in [-0.25, -0.2) is 0 Å². The predicted octanol–water partition coefficient (Wildman–Crippen LogP) is 5.81. The van der Waals surface area contributed by atoms with Gasteiger partial charge >= 0.3 is 0 Å². The van der Waals surface area contributed by atoms with Gasteiger partial charge in [-0.05, 0) is 24.1 Å². The number of thioether (sulfide) groups is 2. The Morgan fingerprint density at radius 1 is 1.08 bits per heavy atom. The number of benzene rings is 1. The maximum atomic E-state index is 12.8. The second-order valence-corrected chi connectivity index (χ2v) is 16.8. The highest BCUT2D eigenvalue weighted by atomic mass is 79.9. The lowest BCUT2D eigenvalue weighted by Gasteiger charge is -2.25. The summed E-state index contributed by atoms with van der Waals surface area (Å²) in [7, 11) is 2.00. The molecule has 3 nitrogen and oxygen atoms in total. The van der Waals surface area contributed by atoms with Gasteiger partial charge in [-0.3, -0.25) is 4.79 Å². The van der Waals surface area contributed by atoms with Gasteiger partial charge in [-0.15, -0.1) is 23.5 Å². The number of halogens is 1. The molecule has 2 aliphatic heterocycles. The van der Waals surface area contributed by atoms with Gasteiger partial charge in [0.05, 0.1) is 22.3 Å². The second-order valence-electron chi connectivity index (χ2n) is 7.41. The van der Waals surface area contributed by atoms with E-state index in [0.717, 1.165) is 22.0 Å². The molecule has 1 aromatic rings. The fraction of sp³-hybridized carbons (Fsp3) is 0.500. The van der Waals surface area contributed by atoms with Gasteiger partial charge in [0.1, 0.15) is 0 Å². The van der Waals surface area contributed by atoms with Gasteiger partial charge < -0.3 is 9.47 Å². The average molecular weight is 460 g/mol. The summed E-state index contributed by atoms with van der Waals surface area (Å²) >= 11 is 7.43. The summed E-state index contributed by atoms with van der Waals surface area (Å²) in [4.78, 5) is 13.4. The number of ketones is 1. The number of methoxy groups -OCH3 is 2. The van der Waals surface area contributed by atoms with Crippen LogP contribution in [0.15, 0.2) is 26.4 Å². The van der Waals surface area contributed by atoms with E-state index >= 15 is 0 Å². The Balaban J connectivity index is 1.89. The molecule has 0 saturated heterocycles. The molecule has 0 saturated carbocycles. The maximum Gasteiger partial charge on any atom is 0.161 e. The van der Waals surface area contributed by atoms with E-state index < -0.39 is 8.07 Å². The van der Waals surface area contributed by atoms with E-state index in [4.69, 9.17) is 9.47 Å². The Hall–Kier alpha value is -0.373. The smallest absolute Gasteiger partial charge is 0.161 e. The van der Waals surface area contributed by atoms with E-state index in [1.54, 1.807) is 14.2 Å². The minimum atomic E-state index is -1.27. The number of allylic oxidation sites excluding steroid dienone is 1. The fourth-order valence-electron chi connectivity index (χ4n) is 3.07. The third-order valence-corrected chi connectivity index (χ3v) is 12.6. The molecular formula is C18H23BrO3S2Si. The van der Waals surface area contributed by atoms with Gasteiger partial charge in [0.25, 0.3) is 0 Å². The standard InChI is InChI=1S/C18H23BrO3S2Si/c1-21-14-6-10(12(19)8-15(14)22-2)16-9-13(20)11-7-17(25(3,4)5)24-18(11)23-16/h6,8,16-17H,7,9H2,1-5H3. The molecule has 0 spiro atoms. The number of carbonyl (C=O) groups excluding carboxylic acids is 1. The third-order valence-electron chi connectivity index (χ3n) is 4.66. The minimum absolute atomic E-state index is 0.119. The zero-order valence-corrected chi connectivity index (χ0v) is 19.4. The number of carbonyl (C=O) groups is 1. The van der Waals surface area contributed by atoms with Crippen molar-refractivity contribution in [3.63, 3.8) is 0 Å². The van der Waals surface area contributed by atoms with Crippen molar-refractivity contribution in [1.29, 1.82) is 0 Å². The molecule has 0 N–H and O–H groups in total. The lowest BCUT2D eigenvalue weighted by atomic mass is 10.0. The van der Waals surface area contributed by atoms with Crippen LogP contribution < -0.4 is 9.47 Å². The number of ether oxygens (including phenoxy) is 2. The van der Waals surface area contributed by atoms with Crippen molar-refractivity contribution in [3.8, 4) is 11.5 Å². The highest BCUT2D eigenvalue weighted by Crippen LogP contribution is 2.57. The van der Waals surface area contributed by atoms with Crippen molar-refractivity contribution < 1.29 is 14.3 Å². The maximum absolute atomic E-state index is 12.8. The SMILES string of the molecule is COc1cc(Br)c(C2CC(=O)C3=C(S2)SC([Si](C)(C)C)C3)cc1OC. The summed E-state index contributed by atoms with van der Waals surface area (Å²) in [5, 5.41) is 0.119. The topological polar surface area (TPSA) is 35.5 Å². The normalized spacial score (nSPS) is 23.7.